The molecule has 7 nitrogen and oxygen atoms in total. The van der Waals surface area contributed by atoms with E-state index in [0.717, 1.165) is 0 Å². The molecule has 29 heavy (non-hydrogen) atoms. The zero-order valence-corrected chi connectivity index (χ0v) is 19.2. The highest BCUT2D eigenvalue weighted by atomic mass is 32.2. The quantitative estimate of drug-likeness (QED) is 0.697. The largest absolute Gasteiger partial charge is 0.339 e. The van der Waals surface area contributed by atoms with Crippen molar-refractivity contribution in [1.82, 2.24) is 14.5 Å². The van der Waals surface area contributed by atoms with Crippen molar-refractivity contribution < 1.29 is 18.0 Å². The van der Waals surface area contributed by atoms with Crippen LogP contribution in [0.4, 0.5) is 0 Å². The van der Waals surface area contributed by atoms with Crippen LogP contribution >= 0.6 is 11.8 Å². The summed E-state index contributed by atoms with van der Waals surface area (Å²) in [6.07, 6.45) is 2.33. The highest BCUT2D eigenvalue weighted by molar-refractivity contribution is 7.98. The Morgan fingerprint density at radius 2 is 1.62 bits per heavy atom. The lowest BCUT2D eigenvalue weighted by molar-refractivity contribution is -0.145. The molecule has 0 saturated carbocycles. The molecule has 1 heterocycles. The Labute approximate surface area is 178 Å². The summed E-state index contributed by atoms with van der Waals surface area (Å²) in [6, 6.07) is 7.24. The van der Waals surface area contributed by atoms with E-state index in [4.69, 9.17) is 0 Å². The van der Waals surface area contributed by atoms with Gasteiger partial charge < -0.3 is 9.80 Å². The second-order valence-corrected chi connectivity index (χ2v) is 10.8. The van der Waals surface area contributed by atoms with Crippen LogP contribution in [0.25, 0.3) is 0 Å². The number of thioether (sulfide) groups is 1. The molecule has 0 aliphatic carbocycles. The Balaban J connectivity index is 2.07. The van der Waals surface area contributed by atoms with Gasteiger partial charge in [0, 0.05) is 31.6 Å². The number of amides is 2. The molecule has 0 radical (unpaired) electrons. The smallest absolute Gasteiger partial charge is 0.241 e. The van der Waals surface area contributed by atoms with Crippen molar-refractivity contribution >= 4 is 33.6 Å². The number of nitrogens with one attached hydrogen (secondary N) is 1. The van der Waals surface area contributed by atoms with E-state index in [2.05, 4.69) is 4.72 Å². The maximum absolute atomic E-state index is 13.1. The summed E-state index contributed by atoms with van der Waals surface area (Å²) < 4.78 is 28.0. The van der Waals surface area contributed by atoms with E-state index in [1.54, 1.807) is 39.8 Å². The number of rotatable bonds is 7. The molecule has 9 heteroatoms. The fraction of sp³-hybridized carbons (Fsp3) is 0.600. The van der Waals surface area contributed by atoms with Gasteiger partial charge in [-0.15, -0.1) is 0 Å². The number of benzene rings is 1. The van der Waals surface area contributed by atoms with Gasteiger partial charge in [-0.05, 0) is 30.6 Å². The summed E-state index contributed by atoms with van der Waals surface area (Å²) in [5, 5.41) is 0. The molecule has 1 aromatic rings. The Morgan fingerprint density at radius 1 is 1.07 bits per heavy atom. The number of carbonyl (C=O) groups is 2. The third-order valence-corrected chi connectivity index (χ3v) is 6.91. The molecular formula is C20H31N3O4S2. The van der Waals surface area contributed by atoms with Crippen molar-refractivity contribution in [3.8, 4) is 0 Å². The SMILES string of the molecule is CSCCC(NS(=O)(=O)c1ccccc1)C(=O)N1CCN(C(=O)C(C)(C)C)CC1. The number of carbonyl (C=O) groups excluding carboxylic acids is 2. The van der Waals surface area contributed by atoms with E-state index in [0.29, 0.717) is 38.4 Å². The van der Waals surface area contributed by atoms with E-state index in [1.807, 2.05) is 27.0 Å². The summed E-state index contributed by atoms with van der Waals surface area (Å²) >= 11 is 1.56. The summed E-state index contributed by atoms with van der Waals surface area (Å²) in [6.45, 7) is 7.37. The molecule has 2 rings (SSSR count). The Kier molecular flexibility index (Phi) is 8.13. The number of hydrogen-bond acceptors (Lipinski definition) is 5. The lowest BCUT2D eigenvalue weighted by Crippen LogP contribution is -2.57. The average Bonchev–Trinajstić information content (AvgIpc) is 2.70. The standard InChI is InChI=1S/C20H31N3O4S2/c1-20(2,3)19(25)23-13-11-22(12-14-23)18(24)17(10-15-28-4)21-29(26,27)16-8-6-5-7-9-16/h5-9,17,21H,10-15H2,1-4H3. The summed E-state index contributed by atoms with van der Waals surface area (Å²) in [5.74, 6) is 0.491. The number of sulfonamides is 1. The van der Waals surface area contributed by atoms with Crippen molar-refractivity contribution in [3.63, 3.8) is 0 Å². The minimum absolute atomic E-state index is 0.0633. The number of piperazine rings is 1. The molecule has 0 aromatic heterocycles. The first-order chi connectivity index (χ1) is 13.6. The van der Waals surface area contributed by atoms with Crippen LogP contribution in [-0.2, 0) is 19.6 Å². The normalized spacial score (nSPS) is 16.6. The molecule has 1 aliphatic heterocycles. The van der Waals surface area contributed by atoms with Crippen LogP contribution in [0.2, 0.25) is 0 Å². The fourth-order valence-corrected chi connectivity index (χ4v) is 4.86. The molecule has 0 spiro atoms. The third kappa shape index (κ3) is 6.45. The highest BCUT2D eigenvalue weighted by Crippen LogP contribution is 2.19. The topological polar surface area (TPSA) is 86.8 Å². The zero-order chi connectivity index (χ0) is 21.7. The van der Waals surface area contributed by atoms with Crippen molar-refractivity contribution in [2.24, 2.45) is 5.41 Å². The monoisotopic (exact) mass is 441 g/mol. The molecular weight excluding hydrogens is 410 g/mol. The van der Waals surface area contributed by atoms with E-state index in [9.17, 15) is 18.0 Å². The lowest BCUT2D eigenvalue weighted by Gasteiger charge is -2.38. The molecule has 1 saturated heterocycles. The second kappa shape index (κ2) is 9.95. The summed E-state index contributed by atoms with van der Waals surface area (Å²) in [4.78, 5) is 29.1. The van der Waals surface area contributed by atoms with E-state index >= 15 is 0 Å². The van der Waals surface area contributed by atoms with E-state index in [1.165, 1.54) is 12.1 Å². The van der Waals surface area contributed by atoms with Crippen LogP contribution in [0, 0.1) is 5.41 Å². The molecule has 1 aliphatic rings. The van der Waals surface area contributed by atoms with Crippen LogP contribution in [0.3, 0.4) is 0 Å². The first-order valence-electron chi connectivity index (χ1n) is 9.71. The molecule has 1 N–H and O–H groups in total. The maximum Gasteiger partial charge on any atom is 0.241 e. The average molecular weight is 442 g/mol. The van der Waals surface area contributed by atoms with Gasteiger partial charge in [-0.3, -0.25) is 9.59 Å². The van der Waals surface area contributed by atoms with Crippen molar-refractivity contribution in [3.05, 3.63) is 30.3 Å². The van der Waals surface area contributed by atoms with Gasteiger partial charge in [0.05, 0.1) is 4.90 Å². The second-order valence-electron chi connectivity index (χ2n) is 8.14. The Bertz CT molecular complexity index is 799. The summed E-state index contributed by atoms with van der Waals surface area (Å²) in [7, 11) is -3.79. The minimum atomic E-state index is -3.79. The molecule has 1 unspecified atom stereocenters. The first-order valence-corrected chi connectivity index (χ1v) is 12.6. The summed E-state index contributed by atoms with van der Waals surface area (Å²) in [5.41, 5.74) is -0.460. The van der Waals surface area contributed by atoms with Gasteiger partial charge in [-0.1, -0.05) is 39.0 Å². The molecule has 1 atom stereocenters. The van der Waals surface area contributed by atoms with Gasteiger partial charge in [0.2, 0.25) is 21.8 Å². The number of hydrogen-bond donors (Lipinski definition) is 1. The van der Waals surface area contributed by atoms with Crippen LogP contribution in [0.15, 0.2) is 35.2 Å². The predicted molar refractivity (Wildman–Crippen MR) is 116 cm³/mol. The predicted octanol–water partition coefficient (Wildman–Crippen LogP) is 1.80. The van der Waals surface area contributed by atoms with Gasteiger partial charge in [-0.25, -0.2) is 8.42 Å². The number of nitrogens with zero attached hydrogens (tertiary/aromatic N) is 2. The van der Waals surface area contributed by atoms with Crippen molar-refractivity contribution in [2.45, 2.75) is 38.1 Å². The van der Waals surface area contributed by atoms with Gasteiger partial charge in [0.25, 0.3) is 0 Å². The fourth-order valence-electron chi connectivity index (χ4n) is 3.15. The van der Waals surface area contributed by atoms with Crippen LogP contribution in [0.1, 0.15) is 27.2 Å². The van der Waals surface area contributed by atoms with Crippen molar-refractivity contribution in [1.29, 1.82) is 0 Å². The first kappa shape index (κ1) is 23.7. The van der Waals surface area contributed by atoms with Crippen LogP contribution in [0.5, 0.6) is 0 Å². The van der Waals surface area contributed by atoms with Crippen LogP contribution < -0.4 is 4.72 Å². The molecule has 1 fully saturated rings. The van der Waals surface area contributed by atoms with Gasteiger partial charge >= 0.3 is 0 Å². The molecule has 162 valence electrons. The van der Waals surface area contributed by atoms with Gasteiger partial charge in [-0.2, -0.15) is 16.5 Å². The van der Waals surface area contributed by atoms with Crippen LogP contribution in [-0.4, -0.2) is 74.3 Å². The van der Waals surface area contributed by atoms with E-state index < -0.39 is 21.5 Å². The Morgan fingerprint density at radius 3 is 2.14 bits per heavy atom. The zero-order valence-electron chi connectivity index (χ0n) is 17.6. The minimum Gasteiger partial charge on any atom is -0.339 e. The van der Waals surface area contributed by atoms with E-state index in [-0.39, 0.29) is 16.7 Å². The Hall–Kier alpha value is -1.58. The van der Waals surface area contributed by atoms with Gasteiger partial charge in [0.15, 0.2) is 0 Å². The molecule has 2 amide bonds. The molecule has 1 aromatic carbocycles. The molecule has 0 bridgehead atoms. The highest BCUT2D eigenvalue weighted by Gasteiger charge is 2.34. The van der Waals surface area contributed by atoms with Crippen molar-refractivity contribution in [2.75, 3.05) is 38.2 Å². The van der Waals surface area contributed by atoms with Gasteiger partial charge in [0.1, 0.15) is 6.04 Å². The third-order valence-electron chi connectivity index (χ3n) is 4.78. The maximum atomic E-state index is 13.1. The lowest BCUT2D eigenvalue weighted by atomic mass is 9.94.